The van der Waals surface area contributed by atoms with E-state index in [0.29, 0.717) is 27.9 Å². The van der Waals surface area contributed by atoms with Crippen LogP contribution in [-0.4, -0.2) is 17.4 Å². The normalized spacial score (nSPS) is 11.6. The van der Waals surface area contributed by atoms with Gasteiger partial charge in [0.05, 0.1) is 5.71 Å². The summed E-state index contributed by atoms with van der Waals surface area (Å²) in [4.78, 5) is 4.44. The molecule has 0 aliphatic rings. The summed E-state index contributed by atoms with van der Waals surface area (Å²) >= 11 is 12.2. The molecule has 1 N–H and O–H groups in total. The number of hydrogen-bond acceptors (Lipinski definition) is 2. The van der Waals surface area contributed by atoms with E-state index in [9.17, 15) is 5.11 Å². The Labute approximate surface area is 122 Å². The van der Waals surface area contributed by atoms with Gasteiger partial charge in [0.15, 0.2) is 0 Å². The number of halogens is 2. The molecule has 0 aliphatic carbocycles. The van der Waals surface area contributed by atoms with E-state index in [1.807, 2.05) is 25.1 Å². The summed E-state index contributed by atoms with van der Waals surface area (Å²) in [6.45, 7) is 2.52. The molecule has 0 aromatic heterocycles. The number of rotatable bonds is 3. The van der Waals surface area contributed by atoms with E-state index < -0.39 is 0 Å². The topological polar surface area (TPSA) is 32.6 Å². The number of aliphatic imine (C=N–C) groups is 1. The molecule has 0 saturated heterocycles. The van der Waals surface area contributed by atoms with E-state index in [4.69, 9.17) is 23.2 Å². The smallest absolute Gasteiger partial charge is 0.125 e. The van der Waals surface area contributed by atoms with Crippen LogP contribution in [0.3, 0.4) is 0 Å². The molecule has 0 radical (unpaired) electrons. The van der Waals surface area contributed by atoms with E-state index in [-0.39, 0.29) is 5.75 Å². The van der Waals surface area contributed by atoms with Crippen LogP contribution in [-0.2, 0) is 0 Å². The average molecular weight is 294 g/mol. The van der Waals surface area contributed by atoms with Crippen LogP contribution in [0.2, 0.25) is 10.0 Å². The molecule has 2 rings (SSSR count). The van der Waals surface area contributed by atoms with Crippen LogP contribution in [0.15, 0.2) is 47.5 Å². The molecule has 0 heterocycles. The molecule has 19 heavy (non-hydrogen) atoms. The monoisotopic (exact) mass is 293 g/mol. The van der Waals surface area contributed by atoms with Gasteiger partial charge in [-0.3, -0.25) is 4.99 Å². The van der Waals surface area contributed by atoms with Crippen LogP contribution in [0.1, 0.15) is 18.1 Å². The Bertz CT molecular complexity index is 623. The minimum Gasteiger partial charge on any atom is -0.507 e. The van der Waals surface area contributed by atoms with Gasteiger partial charge >= 0.3 is 0 Å². The molecule has 2 aromatic rings. The molecule has 0 atom stereocenters. The third-order valence-corrected chi connectivity index (χ3v) is 3.22. The van der Waals surface area contributed by atoms with Crippen molar-refractivity contribution in [1.29, 1.82) is 0 Å². The molecule has 0 amide bonds. The van der Waals surface area contributed by atoms with E-state index in [1.165, 1.54) is 0 Å². The maximum absolute atomic E-state index is 10.0. The first-order valence-electron chi connectivity index (χ1n) is 5.91. The molecule has 0 aliphatic heterocycles. The maximum Gasteiger partial charge on any atom is 0.125 e. The fourth-order valence-corrected chi connectivity index (χ4v) is 2.22. The van der Waals surface area contributed by atoms with Crippen molar-refractivity contribution >= 4 is 28.9 Å². The fraction of sp³-hybridized carbons (Fsp3) is 0.133. The summed E-state index contributed by atoms with van der Waals surface area (Å²) in [6, 6.07) is 12.3. The van der Waals surface area contributed by atoms with Crippen molar-refractivity contribution in [2.75, 3.05) is 6.54 Å². The Kier molecular flexibility index (Phi) is 4.46. The van der Waals surface area contributed by atoms with Gasteiger partial charge in [0.2, 0.25) is 0 Å². The average Bonchev–Trinajstić information content (AvgIpc) is 2.40. The molecular weight excluding hydrogens is 281 g/mol. The zero-order valence-electron chi connectivity index (χ0n) is 10.4. The first-order chi connectivity index (χ1) is 9.13. The minimum absolute atomic E-state index is 0.136. The van der Waals surface area contributed by atoms with Crippen molar-refractivity contribution in [3.63, 3.8) is 0 Å². The molecule has 0 unspecified atom stereocenters. The van der Waals surface area contributed by atoms with Crippen LogP contribution in [0.4, 0.5) is 0 Å². The van der Waals surface area contributed by atoms with E-state index >= 15 is 0 Å². The summed E-state index contributed by atoms with van der Waals surface area (Å²) in [6.07, 6.45) is 0. The van der Waals surface area contributed by atoms with Crippen LogP contribution >= 0.6 is 23.2 Å². The van der Waals surface area contributed by atoms with Crippen molar-refractivity contribution in [3.05, 3.63) is 63.6 Å². The number of benzene rings is 2. The van der Waals surface area contributed by atoms with Gasteiger partial charge in [-0.25, -0.2) is 0 Å². The lowest BCUT2D eigenvalue weighted by atomic mass is 10.0. The molecule has 4 heteroatoms. The highest BCUT2D eigenvalue weighted by molar-refractivity contribution is 6.36. The highest BCUT2D eigenvalue weighted by Crippen LogP contribution is 2.27. The number of nitrogens with zero attached hydrogens (tertiary/aromatic N) is 1. The third kappa shape index (κ3) is 3.09. The summed E-state index contributed by atoms with van der Waals surface area (Å²) < 4.78 is 0. The van der Waals surface area contributed by atoms with Crippen molar-refractivity contribution in [3.8, 4) is 5.75 Å². The highest BCUT2D eigenvalue weighted by atomic mass is 35.5. The van der Waals surface area contributed by atoms with Gasteiger partial charge in [-0.2, -0.15) is 0 Å². The van der Waals surface area contributed by atoms with Crippen molar-refractivity contribution < 1.29 is 5.11 Å². The van der Waals surface area contributed by atoms with Crippen molar-refractivity contribution in [2.24, 2.45) is 4.99 Å². The van der Waals surface area contributed by atoms with Gasteiger partial charge in [0.25, 0.3) is 0 Å². The molecule has 0 fully saturated rings. The van der Waals surface area contributed by atoms with Gasteiger partial charge < -0.3 is 5.11 Å². The molecule has 98 valence electrons. The third-order valence-electron chi connectivity index (χ3n) is 2.66. The van der Waals surface area contributed by atoms with Crippen molar-refractivity contribution in [2.45, 2.75) is 6.92 Å². The van der Waals surface area contributed by atoms with Crippen LogP contribution in [0, 0.1) is 0 Å². The Balaban J connectivity index is 2.62. The van der Waals surface area contributed by atoms with Gasteiger partial charge in [-0.1, -0.05) is 41.4 Å². The van der Waals surface area contributed by atoms with Gasteiger partial charge in [-0.15, -0.1) is 0 Å². The summed E-state index contributed by atoms with van der Waals surface area (Å²) in [5.41, 5.74) is 2.01. The zero-order chi connectivity index (χ0) is 13.8. The number of phenols is 1. The largest absolute Gasteiger partial charge is 0.507 e. The predicted molar refractivity (Wildman–Crippen MR) is 80.7 cm³/mol. The fourth-order valence-electron chi connectivity index (χ4n) is 1.82. The Morgan fingerprint density at radius 3 is 2.53 bits per heavy atom. The van der Waals surface area contributed by atoms with Gasteiger partial charge in [0, 0.05) is 27.7 Å². The van der Waals surface area contributed by atoms with Crippen LogP contribution in [0.5, 0.6) is 5.75 Å². The summed E-state index contributed by atoms with van der Waals surface area (Å²) in [5.74, 6) is 0.136. The lowest BCUT2D eigenvalue weighted by Gasteiger charge is -2.11. The highest BCUT2D eigenvalue weighted by Gasteiger charge is 2.14. The second kappa shape index (κ2) is 6.09. The second-order valence-electron chi connectivity index (χ2n) is 3.96. The Morgan fingerprint density at radius 1 is 1.11 bits per heavy atom. The van der Waals surface area contributed by atoms with Crippen molar-refractivity contribution in [1.82, 2.24) is 0 Å². The molecule has 0 spiro atoms. The first-order valence-corrected chi connectivity index (χ1v) is 6.67. The van der Waals surface area contributed by atoms with E-state index in [2.05, 4.69) is 4.99 Å². The first kappa shape index (κ1) is 13.9. The number of phenolic OH excluding ortho intramolecular Hbond substituents is 1. The minimum atomic E-state index is 0.136. The predicted octanol–water partition coefficient (Wildman–Crippen LogP) is 4.56. The summed E-state index contributed by atoms with van der Waals surface area (Å²) in [7, 11) is 0. The van der Waals surface area contributed by atoms with E-state index in [0.717, 1.165) is 5.56 Å². The molecular formula is C15H13Cl2NO. The van der Waals surface area contributed by atoms with Crippen LogP contribution < -0.4 is 0 Å². The molecule has 0 saturated carbocycles. The molecule has 2 nitrogen and oxygen atoms in total. The lowest BCUT2D eigenvalue weighted by Crippen LogP contribution is -2.05. The number of aromatic hydroxyl groups is 1. The Morgan fingerprint density at radius 2 is 1.84 bits per heavy atom. The Hall–Kier alpha value is -1.51. The lowest BCUT2D eigenvalue weighted by molar-refractivity contribution is 0.474. The molecule has 0 bridgehead atoms. The quantitative estimate of drug-likeness (QED) is 0.827. The van der Waals surface area contributed by atoms with Crippen LogP contribution in [0.25, 0.3) is 0 Å². The SMILES string of the molecule is CCN=C(c1cc(Cl)ccc1O)c1ccccc1Cl. The van der Waals surface area contributed by atoms with Gasteiger partial charge in [0.1, 0.15) is 5.75 Å². The maximum atomic E-state index is 10.0. The number of hydrogen-bond donors (Lipinski definition) is 1. The van der Waals surface area contributed by atoms with Gasteiger partial charge in [-0.05, 0) is 31.2 Å². The standard InChI is InChI=1S/C15H13Cl2NO/c1-2-18-15(11-5-3-4-6-13(11)17)12-9-10(16)7-8-14(12)19/h3-9,19H,2H2,1H3. The zero-order valence-corrected chi connectivity index (χ0v) is 11.9. The molecule has 2 aromatic carbocycles. The second-order valence-corrected chi connectivity index (χ2v) is 4.81. The van der Waals surface area contributed by atoms with E-state index in [1.54, 1.807) is 24.3 Å². The summed E-state index contributed by atoms with van der Waals surface area (Å²) in [5, 5.41) is 11.1.